The third-order valence-electron chi connectivity index (χ3n) is 2.69. The van der Waals surface area contributed by atoms with E-state index in [9.17, 15) is 4.79 Å². The molecule has 1 aromatic carbocycles. The van der Waals surface area contributed by atoms with Crippen LogP contribution in [-0.4, -0.2) is 24.0 Å². The van der Waals surface area contributed by atoms with E-state index in [1.165, 1.54) is 0 Å². The average molecular weight is 264 g/mol. The number of hydrogen-bond acceptors (Lipinski definition) is 4. The molecule has 18 heavy (non-hydrogen) atoms. The first-order chi connectivity index (χ1) is 8.70. The van der Waals surface area contributed by atoms with Crippen LogP contribution in [0.15, 0.2) is 34.9 Å². The normalized spacial score (nSPS) is 12.6. The second-order valence-corrected chi connectivity index (χ2v) is 5.04. The van der Waals surface area contributed by atoms with Crippen molar-refractivity contribution in [2.75, 3.05) is 17.3 Å². The van der Waals surface area contributed by atoms with E-state index in [0.717, 1.165) is 22.4 Å². The second kappa shape index (κ2) is 5.93. The molecular formula is C13H16N2O2S. The third kappa shape index (κ3) is 3.05. The summed E-state index contributed by atoms with van der Waals surface area (Å²) < 4.78 is 5.24. The van der Waals surface area contributed by atoms with Gasteiger partial charge in [-0.15, -0.1) is 0 Å². The van der Waals surface area contributed by atoms with Gasteiger partial charge in [-0.05, 0) is 42.7 Å². The Labute approximate surface area is 110 Å². The van der Waals surface area contributed by atoms with Crippen LogP contribution in [0, 0.1) is 0 Å². The van der Waals surface area contributed by atoms with Crippen molar-refractivity contribution in [2.45, 2.75) is 12.5 Å². The Balaban J connectivity index is 2.01. The fourth-order valence-corrected chi connectivity index (χ4v) is 2.14. The van der Waals surface area contributed by atoms with Crippen LogP contribution in [0.2, 0.25) is 0 Å². The molecule has 1 aromatic heterocycles. The quantitative estimate of drug-likeness (QED) is 0.870. The van der Waals surface area contributed by atoms with Crippen LogP contribution < -0.4 is 11.1 Å². The minimum absolute atomic E-state index is 0.146. The monoisotopic (exact) mass is 264 g/mol. The van der Waals surface area contributed by atoms with Crippen LogP contribution in [0.25, 0.3) is 11.0 Å². The molecule has 0 aliphatic carbocycles. The van der Waals surface area contributed by atoms with Gasteiger partial charge in [0.1, 0.15) is 5.58 Å². The summed E-state index contributed by atoms with van der Waals surface area (Å²) in [4.78, 5) is 11.8. The second-order valence-electron chi connectivity index (χ2n) is 4.05. The molecule has 3 N–H and O–H groups in total. The Morgan fingerprint density at radius 2 is 2.33 bits per heavy atom. The summed E-state index contributed by atoms with van der Waals surface area (Å²) >= 11 is 1.68. The molecule has 5 heteroatoms. The zero-order valence-corrected chi connectivity index (χ0v) is 11.0. The fraction of sp³-hybridized carbons (Fsp3) is 0.308. The molecule has 0 aliphatic heterocycles. The Hall–Kier alpha value is -1.46. The van der Waals surface area contributed by atoms with E-state index in [-0.39, 0.29) is 5.91 Å². The van der Waals surface area contributed by atoms with Crippen molar-refractivity contribution >= 4 is 34.3 Å². The van der Waals surface area contributed by atoms with Gasteiger partial charge in [0.15, 0.2) is 0 Å². The highest BCUT2D eigenvalue weighted by atomic mass is 32.2. The number of anilines is 1. The van der Waals surface area contributed by atoms with Crippen molar-refractivity contribution < 1.29 is 9.21 Å². The van der Waals surface area contributed by atoms with Crippen LogP contribution in [0.4, 0.5) is 5.69 Å². The number of carbonyl (C=O) groups is 1. The number of carbonyl (C=O) groups excluding carboxylic acids is 1. The molecule has 0 saturated heterocycles. The van der Waals surface area contributed by atoms with E-state index in [2.05, 4.69) is 5.32 Å². The van der Waals surface area contributed by atoms with E-state index < -0.39 is 6.04 Å². The minimum Gasteiger partial charge on any atom is -0.464 e. The third-order valence-corrected chi connectivity index (χ3v) is 3.33. The molecule has 0 bridgehead atoms. The van der Waals surface area contributed by atoms with Gasteiger partial charge in [-0.3, -0.25) is 4.79 Å². The first kappa shape index (κ1) is 13.0. The average Bonchev–Trinajstić information content (AvgIpc) is 2.83. The lowest BCUT2D eigenvalue weighted by Gasteiger charge is -2.11. The van der Waals surface area contributed by atoms with Gasteiger partial charge in [-0.25, -0.2) is 0 Å². The molecule has 0 spiro atoms. The number of furan rings is 1. The van der Waals surface area contributed by atoms with Crippen molar-refractivity contribution in [1.82, 2.24) is 0 Å². The first-order valence-corrected chi connectivity index (χ1v) is 7.13. The van der Waals surface area contributed by atoms with E-state index >= 15 is 0 Å². The maximum absolute atomic E-state index is 11.8. The van der Waals surface area contributed by atoms with E-state index in [1.807, 2.05) is 30.5 Å². The molecule has 0 radical (unpaired) electrons. The lowest BCUT2D eigenvalue weighted by molar-refractivity contribution is -0.117. The van der Waals surface area contributed by atoms with Gasteiger partial charge in [0.2, 0.25) is 5.91 Å². The Morgan fingerprint density at radius 1 is 1.50 bits per heavy atom. The molecule has 0 saturated carbocycles. The Morgan fingerprint density at radius 3 is 3.11 bits per heavy atom. The molecule has 0 unspecified atom stereocenters. The number of benzene rings is 1. The van der Waals surface area contributed by atoms with Gasteiger partial charge in [0, 0.05) is 11.1 Å². The van der Waals surface area contributed by atoms with Gasteiger partial charge >= 0.3 is 0 Å². The highest BCUT2D eigenvalue weighted by Gasteiger charge is 2.13. The van der Waals surface area contributed by atoms with Crippen LogP contribution >= 0.6 is 11.8 Å². The SMILES string of the molecule is CSCC[C@H](N)C(=O)Nc1ccc2occc2c1. The van der Waals surface area contributed by atoms with Gasteiger partial charge in [0.05, 0.1) is 12.3 Å². The number of amides is 1. The maximum atomic E-state index is 11.8. The van der Waals surface area contributed by atoms with Crippen molar-refractivity contribution in [3.05, 3.63) is 30.5 Å². The van der Waals surface area contributed by atoms with E-state index in [4.69, 9.17) is 10.2 Å². The van der Waals surface area contributed by atoms with E-state index in [0.29, 0.717) is 6.42 Å². The summed E-state index contributed by atoms with van der Waals surface area (Å²) in [5.41, 5.74) is 7.35. The lowest BCUT2D eigenvalue weighted by Crippen LogP contribution is -2.36. The molecule has 1 amide bonds. The number of rotatable bonds is 5. The summed E-state index contributed by atoms with van der Waals surface area (Å²) in [5.74, 6) is 0.738. The number of hydrogen-bond donors (Lipinski definition) is 2. The fourth-order valence-electron chi connectivity index (χ4n) is 1.66. The zero-order chi connectivity index (χ0) is 13.0. The summed E-state index contributed by atoms with van der Waals surface area (Å²) in [6.45, 7) is 0. The van der Waals surface area contributed by atoms with Gasteiger partial charge in [0.25, 0.3) is 0 Å². The lowest BCUT2D eigenvalue weighted by atomic mass is 10.2. The van der Waals surface area contributed by atoms with Crippen LogP contribution in [0.1, 0.15) is 6.42 Å². The molecule has 2 rings (SSSR count). The molecule has 0 fully saturated rings. The predicted octanol–water partition coefficient (Wildman–Crippen LogP) is 2.45. The molecule has 1 atom stereocenters. The van der Waals surface area contributed by atoms with Crippen LogP contribution in [0.3, 0.4) is 0 Å². The molecule has 96 valence electrons. The Bertz CT molecular complexity index is 539. The zero-order valence-electron chi connectivity index (χ0n) is 10.2. The molecule has 0 aliphatic rings. The summed E-state index contributed by atoms with van der Waals surface area (Å²) in [6, 6.07) is 6.91. The minimum atomic E-state index is -0.461. The van der Waals surface area contributed by atoms with Crippen LogP contribution in [0.5, 0.6) is 0 Å². The summed E-state index contributed by atoms with van der Waals surface area (Å²) in [7, 11) is 0. The van der Waals surface area contributed by atoms with Crippen molar-refractivity contribution in [2.24, 2.45) is 5.73 Å². The topological polar surface area (TPSA) is 68.3 Å². The van der Waals surface area contributed by atoms with E-state index in [1.54, 1.807) is 18.0 Å². The molecular weight excluding hydrogens is 248 g/mol. The highest BCUT2D eigenvalue weighted by molar-refractivity contribution is 7.98. The smallest absolute Gasteiger partial charge is 0.241 e. The van der Waals surface area contributed by atoms with Gasteiger partial charge in [-0.1, -0.05) is 0 Å². The Kier molecular flexibility index (Phi) is 4.28. The molecule has 4 nitrogen and oxygen atoms in total. The van der Waals surface area contributed by atoms with Gasteiger partial charge < -0.3 is 15.5 Å². The highest BCUT2D eigenvalue weighted by Crippen LogP contribution is 2.20. The van der Waals surface area contributed by atoms with Crippen molar-refractivity contribution in [3.8, 4) is 0 Å². The molecule has 2 aromatic rings. The summed E-state index contributed by atoms with van der Waals surface area (Å²) in [6.07, 6.45) is 4.30. The number of fused-ring (bicyclic) bond motifs is 1. The van der Waals surface area contributed by atoms with Gasteiger partial charge in [-0.2, -0.15) is 11.8 Å². The number of nitrogens with two attached hydrogens (primary N) is 1. The predicted molar refractivity (Wildman–Crippen MR) is 75.8 cm³/mol. The largest absolute Gasteiger partial charge is 0.464 e. The first-order valence-electron chi connectivity index (χ1n) is 5.73. The van der Waals surface area contributed by atoms with Crippen molar-refractivity contribution in [3.63, 3.8) is 0 Å². The van der Waals surface area contributed by atoms with Crippen LogP contribution in [-0.2, 0) is 4.79 Å². The summed E-state index contributed by atoms with van der Waals surface area (Å²) in [5, 5.41) is 3.78. The number of thioether (sulfide) groups is 1. The number of nitrogens with one attached hydrogen (secondary N) is 1. The maximum Gasteiger partial charge on any atom is 0.241 e. The molecule has 1 heterocycles. The standard InChI is InChI=1S/C13H16N2O2S/c1-18-7-5-11(14)13(16)15-10-2-3-12-9(8-10)4-6-17-12/h2-4,6,8,11H,5,7,14H2,1H3,(H,15,16)/t11-/m0/s1. The van der Waals surface area contributed by atoms with Crippen molar-refractivity contribution in [1.29, 1.82) is 0 Å².